The van der Waals surface area contributed by atoms with Crippen molar-refractivity contribution in [2.24, 2.45) is 0 Å². The molecule has 0 aromatic carbocycles. The van der Waals surface area contributed by atoms with Gasteiger partial charge in [0.25, 0.3) is 0 Å². The lowest BCUT2D eigenvalue weighted by Gasteiger charge is -2.09. The van der Waals surface area contributed by atoms with E-state index in [1.165, 1.54) is 0 Å². The second-order valence-electron chi connectivity index (χ2n) is 4.62. The Morgan fingerprint density at radius 2 is 1.86 bits per heavy atom. The lowest BCUT2D eigenvalue weighted by molar-refractivity contribution is 0.178. The average Bonchev–Trinajstić information content (AvgIpc) is 2.76. The van der Waals surface area contributed by atoms with E-state index in [-0.39, 0.29) is 0 Å². The van der Waals surface area contributed by atoms with E-state index in [4.69, 9.17) is 9.15 Å². The van der Waals surface area contributed by atoms with Crippen LogP contribution in [0.3, 0.4) is 0 Å². The van der Waals surface area contributed by atoms with E-state index in [9.17, 15) is 0 Å². The van der Waals surface area contributed by atoms with Gasteiger partial charge in [-0.3, -0.25) is 0 Å². The first-order valence-electron chi connectivity index (χ1n) is 6.90. The lowest BCUT2D eigenvalue weighted by Crippen LogP contribution is -2.09. The Morgan fingerprint density at radius 1 is 1.14 bits per heavy atom. The number of rotatable bonds is 7. The first kappa shape index (κ1) is 15.2. The van der Waals surface area contributed by atoms with Gasteiger partial charge < -0.3 is 19.8 Å². The average molecular weight is 291 g/mol. The molecule has 7 heteroatoms. The SMILES string of the molecule is CCNc1cc(NCc2nc(C)c(C)o2)nc(COC)n1. The van der Waals surface area contributed by atoms with E-state index in [2.05, 4.69) is 25.6 Å². The van der Waals surface area contributed by atoms with Crippen molar-refractivity contribution in [1.82, 2.24) is 15.0 Å². The molecule has 0 bridgehead atoms. The fraction of sp³-hybridized carbons (Fsp3) is 0.500. The zero-order chi connectivity index (χ0) is 15.2. The summed E-state index contributed by atoms with van der Waals surface area (Å²) in [6.07, 6.45) is 0. The van der Waals surface area contributed by atoms with Crippen LogP contribution in [0.5, 0.6) is 0 Å². The van der Waals surface area contributed by atoms with Gasteiger partial charge in [-0.15, -0.1) is 0 Å². The van der Waals surface area contributed by atoms with Crippen LogP contribution in [-0.4, -0.2) is 28.6 Å². The number of hydrogen-bond donors (Lipinski definition) is 2. The molecule has 0 aliphatic rings. The van der Waals surface area contributed by atoms with Gasteiger partial charge in [-0.2, -0.15) is 0 Å². The maximum atomic E-state index is 5.53. The molecule has 21 heavy (non-hydrogen) atoms. The standard InChI is InChI=1S/C14H21N5O2/c1-5-15-11-6-12(19-13(18-11)8-20-4)16-7-14-17-9(2)10(3)21-14/h6H,5,7-8H2,1-4H3,(H2,15,16,18,19). The summed E-state index contributed by atoms with van der Waals surface area (Å²) in [6, 6.07) is 1.85. The van der Waals surface area contributed by atoms with Crippen molar-refractivity contribution in [3.05, 3.63) is 29.2 Å². The molecule has 0 unspecified atom stereocenters. The fourth-order valence-electron chi connectivity index (χ4n) is 1.83. The van der Waals surface area contributed by atoms with Crippen molar-refractivity contribution >= 4 is 11.6 Å². The Labute approximate surface area is 124 Å². The summed E-state index contributed by atoms with van der Waals surface area (Å²) in [4.78, 5) is 13.1. The Bertz CT molecular complexity index is 553. The Hall–Kier alpha value is -2.15. The van der Waals surface area contributed by atoms with E-state index in [0.29, 0.717) is 30.7 Å². The molecule has 114 valence electrons. The van der Waals surface area contributed by atoms with Gasteiger partial charge in [-0.1, -0.05) is 0 Å². The number of ether oxygens (including phenoxy) is 1. The number of methoxy groups -OCH3 is 1. The molecule has 2 N–H and O–H groups in total. The second-order valence-corrected chi connectivity index (χ2v) is 4.62. The molecule has 0 aliphatic carbocycles. The number of anilines is 2. The summed E-state index contributed by atoms with van der Waals surface area (Å²) in [5.74, 6) is 3.58. The monoisotopic (exact) mass is 291 g/mol. The maximum Gasteiger partial charge on any atom is 0.213 e. The highest BCUT2D eigenvalue weighted by Gasteiger charge is 2.08. The summed E-state index contributed by atoms with van der Waals surface area (Å²) in [5.41, 5.74) is 0.905. The van der Waals surface area contributed by atoms with Crippen LogP contribution in [0.1, 0.15) is 30.1 Å². The van der Waals surface area contributed by atoms with Gasteiger partial charge in [0.2, 0.25) is 5.89 Å². The molecule has 2 rings (SSSR count). The smallest absolute Gasteiger partial charge is 0.213 e. The molecule has 0 radical (unpaired) electrons. The van der Waals surface area contributed by atoms with Crippen molar-refractivity contribution in [1.29, 1.82) is 0 Å². The summed E-state index contributed by atoms with van der Waals surface area (Å²) < 4.78 is 10.6. The summed E-state index contributed by atoms with van der Waals surface area (Å²) >= 11 is 0. The van der Waals surface area contributed by atoms with Crippen LogP contribution in [0.25, 0.3) is 0 Å². The van der Waals surface area contributed by atoms with E-state index >= 15 is 0 Å². The van der Waals surface area contributed by atoms with E-state index < -0.39 is 0 Å². The largest absolute Gasteiger partial charge is 0.444 e. The summed E-state index contributed by atoms with van der Waals surface area (Å²) in [5, 5.41) is 6.37. The Morgan fingerprint density at radius 3 is 2.43 bits per heavy atom. The van der Waals surface area contributed by atoms with Gasteiger partial charge in [-0.05, 0) is 20.8 Å². The topological polar surface area (TPSA) is 85.1 Å². The highest BCUT2D eigenvalue weighted by atomic mass is 16.5. The third-order valence-electron chi connectivity index (χ3n) is 2.90. The van der Waals surface area contributed by atoms with Crippen LogP contribution in [0.2, 0.25) is 0 Å². The number of aryl methyl sites for hydroxylation is 2. The molecular weight excluding hydrogens is 270 g/mol. The minimum atomic E-state index is 0.366. The minimum Gasteiger partial charge on any atom is -0.444 e. The minimum absolute atomic E-state index is 0.366. The first-order chi connectivity index (χ1) is 10.1. The van der Waals surface area contributed by atoms with Gasteiger partial charge >= 0.3 is 0 Å². The van der Waals surface area contributed by atoms with Crippen molar-refractivity contribution in [2.75, 3.05) is 24.3 Å². The van der Waals surface area contributed by atoms with Crippen LogP contribution in [0.4, 0.5) is 11.6 Å². The Kier molecular flexibility index (Phi) is 5.10. The third-order valence-corrected chi connectivity index (χ3v) is 2.90. The van der Waals surface area contributed by atoms with E-state index in [0.717, 1.165) is 23.8 Å². The molecule has 0 amide bonds. The van der Waals surface area contributed by atoms with Crippen LogP contribution in [0.15, 0.2) is 10.5 Å². The van der Waals surface area contributed by atoms with Gasteiger partial charge in [-0.25, -0.2) is 15.0 Å². The Balaban J connectivity index is 2.10. The zero-order valence-electron chi connectivity index (χ0n) is 12.9. The normalized spacial score (nSPS) is 10.7. The lowest BCUT2D eigenvalue weighted by atomic mass is 10.4. The quantitative estimate of drug-likeness (QED) is 0.809. The highest BCUT2D eigenvalue weighted by Crippen LogP contribution is 2.14. The van der Waals surface area contributed by atoms with Crippen molar-refractivity contribution in [3.63, 3.8) is 0 Å². The van der Waals surface area contributed by atoms with Crippen molar-refractivity contribution in [2.45, 2.75) is 33.9 Å². The molecule has 0 aliphatic heterocycles. The van der Waals surface area contributed by atoms with Crippen LogP contribution < -0.4 is 10.6 Å². The van der Waals surface area contributed by atoms with Gasteiger partial charge in [0.05, 0.1) is 12.2 Å². The number of aromatic nitrogens is 3. The van der Waals surface area contributed by atoms with Crippen molar-refractivity contribution in [3.8, 4) is 0 Å². The fourth-order valence-corrected chi connectivity index (χ4v) is 1.83. The second kappa shape index (κ2) is 7.03. The molecule has 0 saturated heterocycles. The molecule has 2 heterocycles. The first-order valence-corrected chi connectivity index (χ1v) is 6.90. The molecule has 2 aromatic rings. The molecular formula is C14H21N5O2. The maximum absolute atomic E-state index is 5.53. The molecule has 2 aromatic heterocycles. The summed E-state index contributed by atoms with van der Waals surface area (Å²) in [7, 11) is 1.62. The predicted octanol–water partition coefficient (Wildman–Crippen LogP) is 2.27. The third kappa shape index (κ3) is 4.16. The molecule has 7 nitrogen and oxygen atoms in total. The number of hydrogen-bond acceptors (Lipinski definition) is 7. The summed E-state index contributed by atoms with van der Waals surface area (Å²) in [6.45, 7) is 7.48. The molecule has 0 spiro atoms. The molecule has 0 atom stereocenters. The van der Waals surface area contributed by atoms with Gasteiger partial charge in [0.15, 0.2) is 5.82 Å². The van der Waals surface area contributed by atoms with Crippen LogP contribution in [-0.2, 0) is 17.9 Å². The number of nitrogens with one attached hydrogen (secondary N) is 2. The zero-order valence-corrected chi connectivity index (χ0v) is 12.9. The molecule has 0 saturated carbocycles. The van der Waals surface area contributed by atoms with E-state index in [1.54, 1.807) is 7.11 Å². The number of nitrogens with zero attached hydrogens (tertiary/aromatic N) is 3. The van der Waals surface area contributed by atoms with Crippen LogP contribution >= 0.6 is 0 Å². The van der Waals surface area contributed by atoms with E-state index in [1.807, 2.05) is 26.8 Å². The molecule has 0 fully saturated rings. The van der Waals surface area contributed by atoms with Crippen molar-refractivity contribution < 1.29 is 9.15 Å². The van der Waals surface area contributed by atoms with Gasteiger partial charge in [0.1, 0.15) is 24.0 Å². The van der Waals surface area contributed by atoms with Crippen LogP contribution in [0, 0.1) is 13.8 Å². The van der Waals surface area contributed by atoms with Gasteiger partial charge in [0, 0.05) is 19.7 Å². The predicted molar refractivity (Wildman–Crippen MR) is 80.2 cm³/mol. The number of oxazole rings is 1. The highest BCUT2D eigenvalue weighted by molar-refractivity contribution is 5.47.